The van der Waals surface area contributed by atoms with E-state index < -0.39 is 0 Å². The van der Waals surface area contributed by atoms with Crippen LogP contribution in [-0.2, 0) is 0 Å². The average Bonchev–Trinajstić information content (AvgIpc) is 2.30. The molecular weight excluding hydrogens is 188 g/mol. The van der Waals surface area contributed by atoms with Crippen LogP contribution in [-0.4, -0.2) is 17.0 Å². The fourth-order valence-electron chi connectivity index (χ4n) is 1.77. The van der Waals surface area contributed by atoms with Crippen molar-refractivity contribution in [3.63, 3.8) is 0 Å². The first-order valence-corrected chi connectivity index (χ1v) is 4.77. The summed E-state index contributed by atoms with van der Waals surface area (Å²) in [5.41, 5.74) is 2.14. The molecule has 2 aromatic rings. The van der Waals surface area contributed by atoms with E-state index in [9.17, 15) is 0 Å². The molecule has 0 saturated carbocycles. The third-order valence-electron chi connectivity index (χ3n) is 2.53. The second-order valence-corrected chi connectivity index (χ2v) is 3.43. The number of nitrogens with zero attached hydrogens (tertiary/aromatic N) is 3. The molecule has 0 aromatic carbocycles. The van der Waals surface area contributed by atoms with Crippen LogP contribution in [0.25, 0.3) is 0 Å². The quantitative estimate of drug-likeness (QED) is 0.705. The maximum absolute atomic E-state index is 4.28. The minimum Gasteiger partial charge on any atom is -0.339 e. The van der Waals surface area contributed by atoms with Gasteiger partial charge in [0.1, 0.15) is 0 Å². The molecule has 0 radical (unpaired) electrons. The maximum atomic E-state index is 4.28. The Balaban J connectivity index is 2.20. The van der Waals surface area contributed by atoms with Gasteiger partial charge in [0.25, 0.3) is 0 Å². The minimum absolute atomic E-state index is 0.853. The second kappa shape index (κ2) is 2.95. The van der Waals surface area contributed by atoms with Gasteiger partial charge in [-0.05, 0) is 24.3 Å². The van der Waals surface area contributed by atoms with Crippen LogP contribution in [0.4, 0.5) is 23.0 Å². The number of pyridine rings is 2. The average molecular weight is 198 g/mol. The first-order chi connectivity index (χ1) is 7.36. The molecule has 1 aliphatic heterocycles. The van der Waals surface area contributed by atoms with E-state index in [4.69, 9.17) is 0 Å². The summed E-state index contributed by atoms with van der Waals surface area (Å²) in [7, 11) is 2.02. The van der Waals surface area contributed by atoms with Gasteiger partial charge in [-0.2, -0.15) is 0 Å². The van der Waals surface area contributed by atoms with Crippen LogP contribution in [0, 0.1) is 0 Å². The van der Waals surface area contributed by atoms with E-state index in [0.717, 1.165) is 23.0 Å². The Bertz CT molecular complexity index is 464. The molecule has 0 fully saturated rings. The van der Waals surface area contributed by atoms with Crippen molar-refractivity contribution in [2.75, 3.05) is 17.3 Å². The highest BCUT2D eigenvalue weighted by atomic mass is 15.2. The van der Waals surface area contributed by atoms with Crippen LogP contribution in [0.15, 0.2) is 36.7 Å². The maximum Gasteiger partial charge on any atom is 0.155 e. The van der Waals surface area contributed by atoms with Gasteiger partial charge in [0.2, 0.25) is 0 Å². The Hall–Kier alpha value is -2.10. The summed E-state index contributed by atoms with van der Waals surface area (Å²) in [6, 6.07) is 7.92. The Kier molecular flexibility index (Phi) is 1.62. The minimum atomic E-state index is 0.853. The van der Waals surface area contributed by atoms with E-state index in [1.54, 1.807) is 12.4 Å². The molecule has 0 bridgehead atoms. The Morgan fingerprint density at radius 3 is 2.07 bits per heavy atom. The van der Waals surface area contributed by atoms with Crippen molar-refractivity contribution in [2.24, 2.45) is 0 Å². The fraction of sp³-hybridized carbons (Fsp3) is 0.0909. The van der Waals surface area contributed by atoms with Crippen LogP contribution in [0.2, 0.25) is 0 Å². The second-order valence-electron chi connectivity index (χ2n) is 3.43. The van der Waals surface area contributed by atoms with Crippen molar-refractivity contribution < 1.29 is 0 Å². The number of aromatic nitrogens is 2. The van der Waals surface area contributed by atoms with Gasteiger partial charge in [-0.15, -0.1) is 0 Å². The zero-order chi connectivity index (χ0) is 10.3. The number of fused-ring (bicyclic) bond motifs is 2. The largest absolute Gasteiger partial charge is 0.339 e. The molecule has 0 saturated heterocycles. The highest BCUT2D eigenvalue weighted by molar-refractivity contribution is 5.87. The molecular formula is C11H10N4. The molecule has 0 aliphatic carbocycles. The summed E-state index contributed by atoms with van der Waals surface area (Å²) < 4.78 is 0. The Morgan fingerprint density at radius 1 is 1.00 bits per heavy atom. The molecule has 0 spiro atoms. The highest BCUT2D eigenvalue weighted by Crippen LogP contribution is 2.39. The molecule has 4 heteroatoms. The molecule has 15 heavy (non-hydrogen) atoms. The van der Waals surface area contributed by atoms with Crippen molar-refractivity contribution >= 4 is 23.0 Å². The van der Waals surface area contributed by atoms with Crippen LogP contribution in [0.1, 0.15) is 0 Å². The van der Waals surface area contributed by atoms with Crippen molar-refractivity contribution in [1.82, 2.24) is 9.97 Å². The topological polar surface area (TPSA) is 41.1 Å². The van der Waals surface area contributed by atoms with Gasteiger partial charge in [0.15, 0.2) is 11.6 Å². The number of hydrogen-bond donors (Lipinski definition) is 1. The number of hydrogen-bond acceptors (Lipinski definition) is 4. The lowest BCUT2D eigenvalue weighted by Crippen LogP contribution is -2.18. The summed E-state index contributed by atoms with van der Waals surface area (Å²) in [5.74, 6) is 1.71. The number of rotatable bonds is 0. The van der Waals surface area contributed by atoms with Crippen molar-refractivity contribution in [1.29, 1.82) is 0 Å². The lowest BCUT2D eigenvalue weighted by atomic mass is 10.2. The molecule has 3 rings (SSSR count). The molecule has 0 unspecified atom stereocenters. The smallest absolute Gasteiger partial charge is 0.155 e. The van der Waals surface area contributed by atoms with Crippen LogP contribution < -0.4 is 10.2 Å². The van der Waals surface area contributed by atoms with Gasteiger partial charge in [-0.1, -0.05) is 0 Å². The Labute approximate surface area is 87.6 Å². The zero-order valence-electron chi connectivity index (χ0n) is 8.31. The normalized spacial score (nSPS) is 12.7. The first kappa shape index (κ1) is 8.23. The Morgan fingerprint density at radius 2 is 1.53 bits per heavy atom. The summed E-state index contributed by atoms with van der Waals surface area (Å²) in [4.78, 5) is 10.6. The van der Waals surface area contributed by atoms with Crippen LogP contribution in [0.3, 0.4) is 0 Å². The lowest BCUT2D eigenvalue weighted by Gasteiger charge is -2.28. The van der Waals surface area contributed by atoms with E-state index in [2.05, 4.69) is 20.2 Å². The summed E-state index contributed by atoms with van der Waals surface area (Å²) in [6.07, 6.45) is 3.54. The van der Waals surface area contributed by atoms with Crippen LogP contribution in [0.5, 0.6) is 0 Å². The first-order valence-electron chi connectivity index (χ1n) is 4.77. The molecule has 3 heterocycles. The molecule has 1 aliphatic rings. The van der Waals surface area contributed by atoms with Gasteiger partial charge < -0.3 is 10.2 Å². The summed E-state index contributed by atoms with van der Waals surface area (Å²) in [6.45, 7) is 0. The van der Waals surface area contributed by atoms with E-state index in [1.165, 1.54) is 0 Å². The third kappa shape index (κ3) is 1.15. The van der Waals surface area contributed by atoms with Gasteiger partial charge >= 0.3 is 0 Å². The molecule has 1 N–H and O–H groups in total. The van der Waals surface area contributed by atoms with E-state index >= 15 is 0 Å². The highest BCUT2D eigenvalue weighted by Gasteiger charge is 2.19. The number of nitrogens with one attached hydrogen (secondary N) is 1. The molecule has 0 amide bonds. The van der Waals surface area contributed by atoms with Gasteiger partial charge in [-0.25, -0.2) is 9.97 Å². The predicted octanol–water partition coefficient (Wildman–Crippen LogP) is 2.30. The predicted molar refractivity (Wildman–Crippen MR) is 59.8 cm³/mol. The lowest BCUT2D eigenvalue weighted by molar-refractivity contribution is 1.11. The third-order valence-corrected chi connectivity index (χ3v) is 2.53. The summed E-state index contributed by atoms with van der Waals surface area (Å²) >= 11 is 0. The van der Waals surface area contributed by atoms with Gasteiger partial charge in [-0.3, -0.25) is 0 Å². The SMILES string of the molecule is CN1c2cccnc2Nc2ncccc21. The van der Waals surface area contributed by atoms with E-state index in [1.807, 2.05) is 31.3 Å². The molecule has 2 aromatic heterocycles. The van der Waals surface area contributed by atoms with E-state index in [0.29, 0.717) is 0 Å². The fourth-order valence-corrected chi connectivity index (χ4v) is 1.77. The van der Waals surface area contributed by atoms with E-state index in [-0.39, 0.29) is 0 Å². The van der Waals surface area contributed by atoms with Crippen molar-refractivity contribution in [3.8, 4) is 0 Å². The van der Waals surface area contributed by atoms with Crippen molar-refractivity contribution in [3.05, 3.63) is 36.7 Å². The molecule has 4 nitrogen and oxygen atoms in total. The zero-order valence-corrected chi connectivity index (χ0v) is 8.31. The van der Waals surface area contributed by atoms with Crippen LogP contribution >= 0.6 is 0 Å². The van der Waals surface area contributed by atoms with Crippen molar-refractivity contribution in [2.45, 2.75) is 0 Å². The number of anilines is 4. The monoisotopic (exact) mass is 198 g/mol. The molecule has 74 valence electrons. The standard InChI is InChI=1S/C11H10N4/c1-15-8-4-2-6-12-10(8)14-11-9(15)5-3-7-13-11/h2-7H,1H3,(H,12,13,14). The van der Waals surface area contributed by atoms with Gasteiger partial charge in [0, 0.05) is 19.4 Å². The molecule has 0 atom stereocenters. The summed E-state index contributed by atoms with van der Waals surface area (Å²) in [5, 5.41) is 3.21. The van der Waals surface area contributed by atoms with Gasteiger partial charge in [0.05, 0.1) is 11.4 Å².